The number of fused-ring (bicyclic) bond motifs is 3. The lowest BCUT2D eigenvalue weighted by atomic mass is 9.90. The number of rotatable bonds is 0. The maximum atomic E-state index is 10.2. The zero-order chi connectivity index (χ0) is 11.8. The maximum absolute atomic E-state index is 10.2. The van der Waals surface area contributed by atoms with E-state index in [0.29, 0.717) is 5.75 Å². The molecular weight excluding hydrogens is 214 g/mol. The van der Waals surface area contributed by atoms with E-state index in [4.69, 9.17) is 10.00 Å². The SMILES string of the molecule is N#CC1COc2ccc3ccccc3c2C1O. The second-order valence-electron chi connectivity index (χ2n) is 4.19. The van der Waals surface area contributed by atoms with E-state index in [0.717, 1.165) is 16.3 Å². The van der Waals surface area contributed by atoms with E-state index in [1.807, 2.05) is 36.4 Å². The first-order valence-electron chi connectivity index (χ1n) is 5.53. The van der Waals surface area contributed by atoms with Crippen LogP contribution >= 0.6 is 0 Å². The predicted octanol–water partition coefficient (Wildman–Crippen LogP) is 2.41. The number of ether oxygens (including phenoxy) is 1. The van der Waals surface area contributed by atoms with Crippen LogP contribution in [0.3, 0.4) is 0 Å². The molecule has 84 valence electrons. The summed E-state index contributed by atoms with van der Waals surface area (Å²) in [4.78, 5) is 0. The van der Waals surface area contributed by atoms with Crippen LogP contribution in [0.1, 0.15) is 11.7 Å². The van der Waals surface area contributed by atoms with Crippen molar-refractivity contribution >= 4 is 10.8 Å². The van der Waals surface area contributed by atoms with Gasteiger partial charge < -0.3 is 9.84 Å². The van der Waals surface area contributed by atoms with Crippen molar-refractivity contribution in [2.45, 2.75) is 6.10 Å². The number of hydrogen-bond donors (Lipinski definition) is 1. The normalized spacial score (nSPS) is 22.6. The second-order valence-corrected chi connectivity index (χ2v) is 4.19. The average Bonchev–Trinajstić information content (AvgIpc) is 2.38. The standard InChI is InChI=1S/C14H11NO2/c15-7-10-8-17-12-6-5-9-3-1-2-4-11(9)13(12)14(10)16/h1-6,10,14,16H,8H2. The number of hydrogen-bond acceptors (Lipinski definition) is 3. The van der Waals surface area contributed by atoms with Crippen LogP contribution in [-0.4, -0.2) is 11.7 Å². The molecule has 0 bridgehead atoms. The van der Waals surface area contributed by atoms with Gasteiger partial charge in [-0.2, -0.15) is 5.26 Å². The molecule has 1 heterocycles. The Labute approximate surface area is 98.9 Å². The van der Waals surface area contributed by atoms with Gasteiger partial charge in [-0.1, -0.05) is 30.3 Å². The van der Waals surface area contributed by atoms with Crippen molar-refractivity contribution in [2.75, 3.05) is 6.61 Å². The van der Waals surface area contributed by atoms with E-state index in [2.05, 4.69) is 6.07 Å². The van der Waals surface area contributed by atoms with Gasteiger partial charge in [0.2, 0.25) is 0 Å². The van der Waals surface area contributed by atoms with Crippen LogP contribution in [-0.2, 0) is 0 Å². The summed E-state index contributed by atoms with van der Waals surface area (Å²) in [6.07, 6.45) is -0.769. The number of nitriles is 1. The van der Waals surface area contributed by atoms with Crippen LogP contribution in [0.4, 0.5) is 0 Å². The number of benzene rings is 2. The summed E-state index contributed by atoms with van der Waals surface area (Å²) in [6.45, 7) is 0.253. The summed E-state index contributed by atoms with van der Waals surface area (Å²) in [5.74, 6) is 0.191. The Morgan fingerprint density at radius 1 is 1.24 bits per heavy atom. The lowest BCUT2D eigenvalue weighted by Gasteiger charge is -2.27. The molecule has 0 spiro atoms. The molecule has 2 atom stereocenters. The minimum atomic E-state index is -0.769. The monoisotopic (exact) mass is 225 g/mol. The molecule has 3 rings (SSSR count). The lowest BCUT2D eigenvalue weighted by molar-refractivity contribution is 0.0797. The van der Waals surface area contributed by atoms with Crippen molar-refractivity contribution in [1.82, 2.24) is 0 Å². The van der Waals surface area contributed by atoms with Crippen molar-refractivity contribution in [3.05, 3.63) is 42.0 Å². The first-order valence-corrected chi connectivity index (χ1v) is 5.53. The largest absolute Gasteiger partial charge is 0.492 e. The highest BCUT2D eigenvalue weighted by Gasteiger charge is 2.30. The predicted molar refractivity (Wildman–Crippen MR) is 63.5 cm³/mol. The van der Waals surface area contributed by atoms with Gasteiger partial charge >= 0.3 is 0 Å². The van der Waals surface area contributed by atoms with Crippen molar-refractivity contribution in [1.29, 1.82) is 5.26 Å². The Bertz CT molecular complexity index is 615. The third-order valence-corrected chi connectivity index (χ3v) is 3.19. The first-order chi connectivity index (χ1) is 8.31. The molecule has 0 aromatic heterocycles. The smallest absolute Gasteiger partial charge is 0.125 e. The molecule has 0 fully saturated rings. The summed E-state index contributed by atoms with van der Waals surface area (Å²) in [6, 6.07) is 13.7. The fraction of sp³-hybridized carbons (Fsp3) is 0.214. The molecule has 0 amide bonds. The van der Waals surface area contributed by atoms with Crippen molar-refractivity contribution in [3.8, 4) is 11.8 Å². The van der Waals surface area contributed by atoms with Crippen LogP contribution in [0.15, 0.2) is 36.4 Å². The van der Waals surface area contributed by atoms with Crippen molar-refractivity contribution in [2.24, 2.45) is 5.92 Å². The van der Waals surface area contributed by atoms with E-state index in [1.165, 1.54) is 0 Å². The molecule has 0 aliphatic carbocycles. The van der Waals surface area contributed by atoms with Crippen LogP contribution in [0.5, 0.6) is 5.75 Å². The zero-order valence-electron chi connectivity index (χ0n) is 9.13. The van der Waals surface area contributed by atoms with E-state index >= 15 is 0 Å². The Balaban J connectivity index is 2.28. The van der Waals surface area contributed by atoms with Gasteiger partial charge in [0.25, 0.3) is 0 Å². The van der Waals surface area contributed by atoms with Gasteiger partial charge in [0, 0.05) is 5.56 Å². The van der Waals surface area contributed by atoms with E-state index in [-0.39, 0.29) is 6.61 Å². The third kappa shape index (κ3) is 1.46. The van der Waals surface area contributed by atoms with E-state index in [1.54, 1.807) is 0 Å². The second kappa shape index (κ2) is 3.76. The van der Waals surface area contributed by atoms with Crippen molar-refractivity contribution < 1.29 is 9.84 Å². The highest BCUT2D eigenvalue weighted by atomic mass is 16.5. The molecule has 3 heteroatoms. The Morgan fingerprint density at radius 3 is 2.88 bits per heavy atom. The highest BCUT2D eigenvalue weighted by Crippen LogP contribution is 2.39. The Kier molecular flexibility index (Phi) is 2.24. The van der Waals surface area contributed by atoms with Crippen LogP contribution < -0.4 is 4.74 Å². The lowest BCUT2D eigenvalue weighted by Crippen LogP contribution is -2.24. The van der Waals surface area contributed by atoms with Crippen LogP contribution in [0.2, 0.25) is 0 Å². The molecule has 2 unspecified atom stereocenters. The summed E-state index contributed by atoms with van der Waals surface area (Å²) >= 11 is 0. The van der Waals surface area contributed by atoms with E-state index in [9.17, 15) is 5.11 Å². The molecule has 2 aromatic rings. The Morgan fingerprint density at radius 2 is 2.06 bits per heavy atom. The fourth-order valence-electron chi connectivity index (χ4n) is 2.29. The summed E-state index contributed by atoms with van der Waals surface area (Å²) in [5.41, 5.74) is 0.737. The minimum absolute atomic E-state index is 0.253. The highest BCUT2D eigenvalue weighted by molar-refractivity contribution is 5.88. The number of aliphatic hydroxyl groups is 1. The van der Waals surface area contributed by atoms with Gasteiger partial charge in [0.1, 0.15) is 24.4 Å². The molecule has 0 saturated heterocycles. The molecule has 1 aliphatic rings. The number of aliphatic hydroxyl groups excluding tert-OH is 1. The van der Waals surface area contributed by atoms with Gasteiger partial charge in [0.05, 0.1) is 6.07 Å². The van der Waals surface area contributed by atoms with E-state index < -0.39 is 12.0 Å². The van der Waals surface area contributed by atoms with Crippen LogP contribution in [0.25, 0.3) is 10.8 Å². The fourth-order valence-corrected chi connectivity index (χ4v) is 2.29. The van der Waals surface area contributed by atoms with Gasteiger partial charge in [-0.3, -0.25) is 0 Å². The molecule has 1 N–H and O–H groups in total. The minimum Gasteiger partial charge on any atom is -0.492 e. The van der Waals surface area contributed by atoms with Crippen LogP contribution in [0, 0.1) is 17.2 Å². The molecular formula is C14H11NO2. The maximum Gasteiger partial charge on any atom is 0.125 e. The molecule has 3 nitrogen and oxygen atoms in total. The molecule has 1 aliphatic heterocycles. The Hall–Kier alpha value is -2.05. The molecule has 17 heavy (non-hydrogen) atoms. The van der Waals surface area contributed by atoms with Gasteiger partial charge in [-0.15, -0.1) is 0 Å². The van der Waals surface area contributed by atoms with Gasteiger partial charge in [-0.25, -0.2) is 0 Å². The van der Waals surface area contributed by atoms with Gasteiger partial charge in [0.15, 0.2) is 0 Å². The summed E-state index contributed by atoms with van der Waals surface area (Å²) < 4.78 is 5.52. The zero-order valence-corrected chi connectivity index (χ0v) is 9.13. The van der Waals surface area contributed by atoms with Gasteiger partial charge in [-0.05, 0) is 16.8 Å². The average molecular weight is 225 g/mol. The first kappa shape index (κ1) is 10.1. The quantitative estimate of drug-likeness (QED) is 0.749. The third-order valence-electron chi connectivity index (χ3n) is 3.19. The van der Waals surface area contributed by atoms with Crippen molar-refractivity contribution in [3.63, 3.8) is 0 Å². The summed E-state index contributed by atoms with van der Waals surface area (Å²) in [7, 11) is 0. The molecule has 0 saturated carbocycles. The number of nitrogens with zero attached hydrogens (tertiary/aromatic N) is 1. The molecule has 0 radical (unpaired) electrons. The summed E-state index contributed by atoms with van der Waals surface area (Å²) in [5, 5.41) is 21.2. The topological polar surface area (TPSA) is 53.2 Å². The molecule has 2 aromatic carbocycles.